The van der Waals surface area contributed by atoms with Gasteiger partial charge in [0, 0.05) is 6.07 Å². The van der Waals surface area contributed by atoms with Crippen LogP contribution in [0.3, 0.4) is 0 Å². The first-order valence-electron chi connectivity index (χ1n) is 2.77. The zero-order chi connectivity index (χ0) is 9.35. The summed E-state index contributed by atoms with van der Waals surface area (Å²) in [6.45, 7) is 0. The third-order valence-electron chi connectivity index (χ3n) is 1.12. The van der Waals surface area contributed by atoms with E-state index in [1.165, 1.54) is 0 Å². The molecule has 6 heteroatoms. The number of rotatable bonds is 1. The van der Waals surface area contributed by atoms with Gasteiger partial charge in [-0.2, -0.15) is 13.2 Å². The molecule has 0 atom stereocenters. The molecule has 0 amide bonds. The van der Waals surface area contributed by atoms with Crippen molar-refractivity contribution in [2.24, 2.45) is 0 Å². The standard InChI is InChI=1S/C6H2ClF3O2/c7-5(11)4-1-3(2-12-4)6(8,9)10/h1-2H. The summed E-state index contributed by atoms with van der Waals surface area (Å²) < 4.78 is 39.8. The van der Waals surface area contributed by atoms with Gasteiger partial charge in [0.25, 0.3) is 5.24 Å². The molecule has 0 N–H and O–H groups in total. The van der Waals surface area contributed by atoms with Crippen molar-refractivity contribution in [2.75, 3.05) is 0 Å². The van der Waals surface area contributed by atoms with Crippen molar-refractivity contribution in [1.82, 2.24) is 0 Å². The Morgan fingerprint density at radius 3 is 2.33 bits per heavy atom. The van der Waals surface area contributed by atoms with Crippen LogP contribution in [0.15, 0.2) is 16.7 Å². The van der Waals surface area contributed by atoms with Gasteiger partial charge in [0.2, 0.25) is 0 Å². The molecule has 0 fully saturated rings. The summed E-state index contributed by atoms with van der Waals surface area (Å²) in [5.74, 6) is -0.510. The highest BCUT2D eigenvalue weighted by Crippen LogP contribution is 2.30. The number of halogens is 4. The largest absolute Gasteiger partial charge is 0.459 e. The Balaban J connectivity index is 3.00. The summed E-state index contributed by atoms with van der Waals surface area (Å²) in [6, 6.07) is 0.551. The fourth-order valence-electron chi connectivity index (χ4n) is 0.588. The van der Waals surface area contributed by atoms with Crippen LogP contribution in [0.1, 0.15) is 16.1 Å². The Morgan fingerprint density at radius 1 is 1.50 bits per heavy atom. The molecule has 2 nitrogen and oxygen atoms in total. The number of carbonyl (C=O) groups is 1. The highest BCUT2D eigenvalue weighted by Gasteiger charge is 2.33. The van der Waals surface area contributed by atoms with Crippen molar-refractivity contribution in [3.05, 3.63) is 23.7 Å². The monoisotopic (exact) mass is 198 g/mol. The fourth-order valence-corrected chi connectivity index (χ4v) is 0.687. The number of hydrogen-bond donors (Lipinski definition) is 0. The summed E-state index contributed by atoms with van der Waals surface area (Å²) in [5.41, 5.74) is -1.02. The van der Waals surface area contributed by atoms with E-state index in [1.54, 1.807) is 0 Å². The molecular formula is C6H2ClF3O2. The quantitative estimate of drug-likeness (QED) is 0.650. The Bertz CT molecular complexity index is 302. The van der Waals surface area contributed by atoms with Crippen molar-refractivity contribution in [1.29, 1.82) is 0 Å². The second-order valence-electron chi connectivity index (χ2n) is 1.97. The molecule has 0 radical (unpaired) electrons. The lowest BCUT2D eigenvalue weighted by Crippen LogP contribution is -2.02. The van der Waals surface area contributed by atoms with E-state index in [4.69, 9.17) is 11.6 Å². The topological polar surface area (TPSA) is 30.2 Å². The van der Waals surface area contributed by atoms with Gasteiger partial charge in [-0.3, -0.25) is 4.79 Å². The fraction of sp³-hybridized carbons (Fsp3) is 0.167. The van der Waals surface area contributed by atoms with Crippen LogP contribution in [-0.4, -0.2) is 5.24 Å². The third kappa shape index (κ3) is 1.79. The molecule has 1 aromatic heterocycles. The molecule has 0 aromatic carbocycles. The maximum Gasteiger partial charge on any atom is 0.419 e. The van der Waals surface area contributed by atoms with Crippen LogP contribution >= 0.6 is 11.6 Å². The summed E-state index contributed by atoms with van der Waals surface area (Å²) in [4.78, 5) is 10.3. The summed E-state index contributed by atoms with van der Waals surface area (Å²) in [5, 5.41) is -1.05. The molecule has 1 rings (SSSR count). The zero-order valence-electron chi connectivity index (χ0n) is 5.48. The number of furan rings is 1. The van der Waals surface area contributed by atoms with E-state index in [0.717, 1.165) is 0 Å². The second-order valence-corrected chi connectivity index (χ2v) is 2.31. The second kappa shape index (κ2) is 2.82. The van der Waals surface area contributed by atoms with Crippen LogP contribution in [0.25, 0.3) is 0 Å². The predicted molar refractivity (Wildman–Crippen MR) is 33.9 cm³/mol. The van der Waals surface area contributed by atoms with Crippen LogP contribution in [-0.2, 0) is 6.18 Å². The molecule has 1 heterocycles. The lowest BCUT2D eigenvalue weighted by molar-refractivity contribution is -0.137. The average molecular weight is 199 g/mol. The Kier molecular flexibility index (Phi) is 2.14. The minimum atomic E-state index is -4.51. The summed E-state index contributed by atoms with van der Waals surface area (Å²) in [7, 11) is 0. The molecule has 12 heavy (non-hydrogen) atoms. The van der Waals surface area contributed by atoms with E-state index in [0.29, 0.717) is 12.3 Å². The van der Waals surface area contributed by atoms with Gasteiger partial charge < -0.3 is 4.42 Å². The molecule has 0 spiro atoms. The van der Waals surface area contributed by atoms with Crippen LogP contribution in [0.5, 0.6) is 0 Å². The van der Waals surface area contributed by atoms with Crippen LogP contribution in [0.2, 0.25) is 0 Å². The molecular weight excluding hydrogens is 197 g/mol. The lowest BCUT2D eigenvalue weighted by Gasteiger charge is -1.99. The Labute approximate surface area is 69.9 Å². The maximum absolute atomic E-state index is 11.9. The van der Waals surface area contributed by atoms with E-state index in [9.17, 15) is 18.0 Å². The minimum absolute atomic E-state index is 0.440. The highest BCUT2D eigenvalue weighted by molar-refractivity contribution is 6.67. The Hall–Kier alpha value is -0.970. The Morgan fingerprint density at radius 2 is 2.08 bits per heavy atom. The number of hydrogen-bond acceptors (Lipinski definition) is 2. The van der Waals surface area contributed by atoms with Gasteiger partial charge in [-0.1, -0.05) is 0 Å². The van der Waals surface area contributed by atoms with Crippen LogP contribution in [0, 0.1) is 0 Å². The lowest BCUT2D eigenvalue weighted by atomic mass is 10.3. The first-order valence-corrected chi connectivity index (χ1v) is 3.14. The smallest absolute Gasteiger partial charge is 0.419 e. The normalized spacial score (nSPS) is 11.7. The van der Waals surface area contributed by atoms with Crippen LogP contribution in [0.4, 0.5) is 13.2 Å². The maximum atomic E-state index is 11.9. The molecule has 0 aliphatic rings. The molecule has 66 valence electrons. The van der Waals surface area contributed by atoms with E-state index < -0.39 is 22.7 Å². The van der Waals surface area contributed by atoms with Gasteiger partial charge in [0.1, 0.15) is 6.26 Å². The van der Waals surface area contributed by atoms with Crippen molar-refractivity contribution in [3.8, 4) is 0 Å². The van der Waals surface area contributed by atoms with Crippen molar-refractivity contribution in [2.45, 2.75) is 6.18 Å². The zero-order valence-corrected chi connectivity index (χ0v) is 6.24. The molecule has 0 aliphatic heterocycles. The summed E-state index contributed by atoms with van der Waals surface area (Å²) >= 11 is 4.87. The van der Waals surface area contributed by atoms with Gasteiger partial charge >= 0.3 is 6.18 Å². The SMILES string of the molecule is O=C(Cl)c1cc(C(F)(F)F)co1. The van der Waals surface area contributed by atoms with Crippen molar-refractivity contribution >= 4 is 16.8 Å². The summed E-state index contributed by atoms with van der Waals surface area (Å²) in [6.07, 6.45) is -4.07. The van der Waals surface area contributed by atoms with E-state index in [-0.39, 0.29) is 0 Å². The van der Waals surface area contributed by atoms with Crippen molar-refractivity contribution in [3.63, 3.8) is 0 Å². The van der Waals surface area contributed by atoms with Crippen molar-refractivity contribution < 1.29 is 22.4 Å². The minimum Gasteiger partial charge on any atom is -0.459 e. The molecule has 0 unspecified atom stereocenters. The van der Waals surface area contributed by atoms with Gasteiger partial charge in [-0.15, -0.1) is 0 Å². The van der Waals surface area contributed by atoms with Gasteiger partial charge in [-0.05, 0) is 11.6 Å². The van der Waals surface area contributed by atoms with Gasteiger partial charge in [0.05, 0.1) is 5.56 Å². The molecule has 0 bridgehead atoms. The van der Waals surface area contributed by atoms with E-state index in [2.05, 4.69) is 4.42 Å². The average Bonchev–Trinajstić information content (AvgIpc) is 2.30. The van der Waals surface area contributed by atoms with Gasteiger partial charge in [0.15, 0.2) is 5.76 Å². The van der Waals surface area contributed by atoms with Gasteiger partial charge in [-0.25, -0.2) is 0 Å². The van der Waals surface area contributed by atoms with E-state index in [1.807, 2.05) is 0 Å². The first kappa shape index (κ1) is 9.12. The predicted octanol–water partition coefficient (Wildman–Crippen LogP) is 2.68. The van der Waals surface area contributed by atoms with Crippen LogP contribution < -0.4 is 0 Å². The molecule has 1 aromatic rings. The number of carbonyl (C=O) groups excluding carboxylic acids is 1. The highest BCUT2D eigenvalue weighted by atomic mass is 35.5. The van der Waals surface area contributed by atoms with E-state index >= 15 is 0 Å². The number of alkyl halides is 3. The molecule has 0 aliphatic carbocycles. The first-order chi connectivity index (χ1) is 5.41. The molecule has 0 saturated heterocycles. The molecule has 0 saturated carbocycles. The third-order valence-corrected chi connectivity index (χ3v) is 1.31.